The number of hydrogen-bond acceptors (Lipinski definition) is 0. The van der Waals surface area contributed by atoms with E-state index in [4.69, 9.17) is 0 Å². The minimum atomic E-state index is -1.67. The van der Waals surface area contributed by atoms with Crippen LogP contribution in [0.3, 0.4) is 0 Å². The van der Waals surface area contributed by atoms with Gasteiger partial charge in [0.25, 0.3) is 0 Å². The van der Waals surface area contributed by atoms with Gasteiger partial charge in [-0.25, -0.2) is 0 Å². The molecule has 2 heteroatoms. The molecule has 2 rings (SSSR count). The summed E-state index contributed by atoms with van der Waals surface area (Å²) in [5.74, 6) is 0. The Labute approximate surface area is 122 Å². The van der Waals surface area contributed by atoms with Crippen LogP contribution in [-0.4, -0.2) is 24.5 Å². The van der Waals surface area contributed by atoms with Crippen LogP contribution in [0, 0.1) is 0 Å². The molecule has 100 valence electrons. The topological polar surface area (TPSA) is 0 Å². The van der Waals surface area contributed by atoms with Gasteiger partial charge in [-0.15, -0.1) is 0 Å². The SMILES string of the molecule is [CH3][Sn]([CH3])([CH3])[CH2]CP(c1ccccc1)c1ccccc1. The predicted molar refractivity (Wildman–Crippen MR) is 92.1 cm³/mol. The van der Waals surface area contributed by atoms with Crippen LogP contribution in [0.4, 0.5) is 0 Å². The van der Waals surface area contributed by atoms with Crippen molar-refractivity contribution in [1.29, 1.82) is 0 Å². The van der Waals surface area contributed by atoms with Crippen molar-refractivity contribution in [2.75, 3.05) is 6.16 Å². The molecule has 0 unspecified atom stereocenters. The van der Waals surface area contributed by atoms with Gasteiger partial charge in [-0.3, -0.25) is 0 Å². The van der Waals surface area contributed by atoms with Crippen LogP contribution >= 0.6 is 7.92 Å². The molecule has 19 heavy (non-hydrogen) atoms. The molecule has 0 fully saturated rings. The van der Waals surface area contributed by atoms with Crippen LogP contribution in [0.1, 0.15) is 0 Å². The van der Waals surface area contributed by atoms with Gasteiger partial charge in [0.05, 0.1) is 0 Å². The van der Waals surface area contributed by atoms with Gasteiger partial charge in [-0.2, -0.15) is 0 Å². The molecule has 0 N–H and O–H groups in total. The molecule has 2 aromatic rings. The molecule has 0 aromatic heterocycles. The van der Waals surface area contributed by atoms with E-state index in [0.29, 0.717) is 0 Å². The molecule has 0 saturated carbocycles. The number of benzene rings is 2. The van der Waals surface area contributed by atoms with Crippen molar-refractivity contribution >= 4 is 36.9 Å². The summed E-state index contributed by atoms with van der Waals surface area (Å²) in [7, 11) is -0.163. The monoisotopic (exact) mass is 378 g/mol. The molecular weight excluding hydrogens is 354 g/mol. The summed E-state index contributed by atoms with van der Waals surface area (Å²) in [4.78, 5) is 7.62. The van der Waals surface area contributed by atoms with E-state index < -0.39 is 18.4 Å². The quantitative estimate of drug-likeness (QED) is 0.534. The van der Waals surface area contributed by atoms with E-state index in [9.17, 15) is 0 Å². The molecule has 0 aliphatic heterocycles. The van der Waals surface area contributed by atoms with Gasteiger partial charge < -0.3 is 0 Å². The van der Waals surface area contributed by atoms with E-state index in [1.807, 2.05) is 0 Å². The Hall–Kier alpha value is -0.331. The first-order valence-corrected chi connectivity index (χ1v) is 19.0. The van der Waals surface area contributed by atoms with Crippen molar-refractivity contribution in [1.82, 2.24) is 0 Å². The second kappa shape index (κ2) is 6.90. The van der Waals surface area contributed by atoms with Gasteiger partial charge in [0.1, 0.15) is 0 Å². The van der Waals surface area contributed by atoms with Crippen LogP contribution in [0.25, 0.3) is 0 Å². The molecule has 0 heterocycles. The third-order valence-corrected chi connectivity index (χ3v) is 11.9. The summed E-state index contributed by atoms with van der Waals surface area (Å²) in [6.07, 6.45) is 1.36. The molecule has 0 atom stereocenters. The Balaban J connectivity index is 2.24. The van der Waals surface area contributed by atoms with E-state index in [1.165, 1.54) is 21.2 Å². The van der Waals surface area contributed by atoms with Gasteiger partial charge in [-0.1, -0.05) is 0 Å². The first-order chi connectivity index (χ1) is 9.06. The summed E-state index contributed by atoms with van der Waals surface area (Å²) in [5.41, 5.74) is 0. The van der Waals surface area contributed by atoms with Crippen LogP contribution in [0.5, 0.6) is 0 Å². The normalized spacial score (nSPS) is 11.8. The Morgan fingerprint density at radius 1 is 0.737 bits per heavy atom. The van der Waals surface area contributed by atoms with E-state index in [2.05, 4.69) is 75.5 Å². The van der Waals surface area contributed by atoms with Crippen LogP contribution in [-0.2, 0) is 0 Å². The number of rotatable bonds is 5. The fourth-order valence-corrected chi connectivity index (χ4v) is 12.5. The summed E-state index contributed by atoms with van der Waals surface area (Å²) in [6.45, 7) is 0. The number of hydrogen-bond donors (Lipinski definition) is 0. The third kappa shape index (κ3) is 4.93. The summed E-state index contributed by atoms with van der Waals surface area (Å²) in [6, 6.07) is 22.1. The molecule has 0 nitrogen and oxygen atoms in total. The van der Waals surface area contributed by atoms with Crippen LogP contribution in [0.15, 0.2) is 60.7 Å². The molecule has 0 bridgehead atoms. The van der Waals surface area contributed by atoms with Crippen molar-refractivity contribution < 1.29 is 0 Å². The van der Waals surface area contributed by atoms with E-state index in [1.54, 1.807) is 0 Å². The zero-order valence-electron chi connectivity index (χ0n) is 12.1. The predicted octanol–water partition coefficient (Wildman–Crippen LogP) is 4.46. The van der Waals surface area contributed by atoms with E-state index in [-0.39, 0.29) is 7.92 Å². The van der Waals surface area contributed by atoms with Crippen molar-refractivity contribution in [2.45, 2.75) is 19.3 Å². The fourth-order valence-electron chi connectivity index (χ4n) is 2.07. The first kappa shape index (κ1) is 15.1. The Morgan fingerprint density at radius 3 is 1.53 bits per heavy atom. The molecule has 0 radical (unpaired) electrons. The van der Waals surface area contributed by atoms with Gasteiger partial charge in [-0.05, 0) is 0 Å². The average Bonchev–Trinajstić information content (AvgIpc) is 2.40. The Kier molecular flexibility index (Phi) is 5.47. The summed E-state index contributed by atoms with van der Waals surface area (Å²) >= 11 is -1.67. The van der Waals surface area contributed by atoms with E-state index >= 15 is 0 Å². The summed E-state index contributed by atoms with van der Waals surface area (Å²) < 4.78 is 1.48. The molecule has 2 aromatic carbocycles. The van der Waals surface area contributed by atoms with Crippen molar-refractivity contribution in [3.8, 4) is 0 Å². The Bertz CT molecular complexity index is 448. The van der Waals surface area contributed by atoms with Gasteiger partial charge in [0, 0.05) is 0 Å². The second-order valence-electron chi connectivity index (χ2n) is 6.13. The zero-order chi connectivity index (χ0) is 13.7. The van der Waals surface area contributed by atoms with Gasteiger partial charge in [0.15, 0.2) is 0 Å². The van der Waals surface area contributed by atoms with Gasteiger partial charge >= 0.3 is 123 Å². The maximum atomic E-state index is 2.54. The maximum absolute atomic E-state index is 2.54. The van der Waals surface area contributed by atoms with Crippen molar-refractivity contribution in [3.05, 3.63) is 60.7 Å². The van der Waals surface area contributed by atoms with E-state index in [0.717, 1.165) is 0 Å². The molecule has 0 saturated heterocycles. The molecule has 0 spiro atoms. The fraction of sp³-hybridized carbons (Fsp3) is 0.294. The Morgan fingerprint density at radius 2 is 1.16 bits per heavy atom. The van der Waals surface area contributed by atoms with Gasteiger partial charge in [0.2, 0.25) is 0 Å². The first-order valence-electron chi connectivity index (χ1n) is 6.94. The zero-order valence-corrected chi connectivity index (χ0v) is 15.9. The minimum absolute atomic E-state index is 0.163. The van der Waals surface area contributed by atoms with Crippen LogP contribution in [0.2, 0.25) is 19.3 Å². The molecule has 0 aliphatic carbocycles. The molecule has 0 amide bonds. The molecular formula is C17H23PSn. The summed E-state index contributed by atoms with van der Waals surface area (Å²) in [5, 5.41) is 3.05. The second-order valence-corrected chi connectivity index (χ2v) is 24.5. The third-order valence-electron chi connectivity index (χ3n) is 3.22. The molecule has 0 aliphatic rings. The standard InChI is InChI=1S/C14H14P.3CH3.Sn/c1-2-15(13-9-5-3-6-10-13)14-11-7-4-8-12-14;;;;/h3-12H,1-2H2;3*1H3;. The van der Waals surface area contributed by atoms with Crippen LogP contribution < -0.4 is 10.6 Å². The van der Waals surface area contributed by atoms with Crippen molar-refractivity contribution in [2.24, 2.45) is 0 Å². The average molecular weight is 377 g/mol. The van der Waals surface area contributed by atoms with Crippen molar-refractivity contribution in [3.63, 3.8) is 0 Å².